The Kier molecular flexibility index (Phi) is 3.15. The number of alkyl halides is 3. The van der Waals surface area contributed by atoms with Gasteiger partial charge in [0.05, 0.1) is 5.56 Å². The smallest absolute Gasteiger partial charge is 0.206 e. The molecular weight excluding hydrogens is 232 g/mol. The fourth-order valence-corrected chi connectivity index (χ4v) is 2.49. The summed E-state index contributed by atoms with van der Waals surface area (Å²) < 4.78 is 50.5. The molecule has 1 aliphatic carbocycles. The molecule has 0 atom stereocenters. The molecule has 0 aromatic heterocycles. The van der Waals surface area contributed by atoms with Gasteiger partial charge >= 0.3 is 6.18 Å². The van der Waals surface area contributed by atoms with E-state index in [0.29, 0.717) is 23.8 Å². The molecular formula is C13H14F4. The van der Waals surface area contributed by atoms with Gasteiger partial charge in [-0.1, -0.05) is 13.0 Å². The standard InChI is InChI=1S/C13H14F4/c1-8-4-10(5-8)6-9-2-3-12(14)11(7-9)13(15,16)17/h2-3,7-8,10H,4-6H2,1H3. The highest BCUT2D eigenvalue weighted by molar-refractivity contribution is 5.27. The van der Waals surface area contributed by atoms with Crippen LogP contribution in [0.15, 0.2) is 18.2 Å². The van der Waals surface area contributed by atoms with Crippen molar-refractivity contribution in [3.63, 3.8) is 0 Å². The van der Waals surface area contributed by atoms with Crippen molar-refractivity contribution >= 4 is 0 Å². The van der Waals surface area contributed by atoms with Gasteiger partial charge in [-0.25, -0.2) is 4.39 Å². The predicted octanol–water partition coefficient (Wildman–Crippen LogP) is 4.43. The van der Waals surface area contributed by atoms with Crippen molar-refractivity contribution in [2.45, 2.75) is 32.4 Å². The summed E-state index contributed by atoms with van der Waals surface area (Å²) in [5.74, 6) is -0.0673. The average Bonchev–Trinajstić information content (AvgIpc) is 2.16. The molecule has 1 aliphatic rings. The van der Waals surface area contributed by atoms with E-state index in [9.17, 15) is 17.6 Å². The lowest BCUT2D eigenvalue weighted by Crippen LogP contribution is -2.23. The van der Waals surface area contributed by atoms with Gasteiger partial charge in [-0.3, -0.25) is 0 Å². The topological polar surface area (TPSA) is 0 Å². The zero-order chi connectivity index (χ0) is 12.6. The van der Waals surface area contributed by atoms with Gasteiger partial charge in [0.1, 0.15) is 5.82 Å². The van der Waals surface area contributed by atoms with Crippen LogP contribution in [0.2, 0.25) is 0 Å². The highest BCUT2D eigenvalue weighted by Crippen LogP contribution is 2.37. The molecule has 1 aromatic carbocycles. The first-order valence-corrected chi connectivity index (χ1v) is 5.72. The van der Waals surface area contributed by atoms with Crippen LogP contribution in [0, 0.1) is 17.7 Å². The monoisotopic (exact) mass is 246 g/mol. The summed E-state index contributed by atoms with van der Waals surface area (Å²) in [7, 11) is 0. The third kappa shape index (κ3) is 2.79. The minimum Gasteiger partial charge on any atom is -0.206 e. The third-order valence-electron chi connectivity index (χ3n) is 3.33. The molecule has 0 bridgehead atoms. The highest BCUT2D eigenvalue weighted by Gasteiger charge is 2.34. The van der Waals surface area contributed by atoms with Gasteiger partial charge < -0.3 is 0 Å². The second-order valence-corrected chi connectivity index (χ2v) is 4.96. The third-order valence-corrected chi connectivity index (χ3v) is 3.33. The summed E-state index contributed by atoms with van der Waals surface area (Å²) in [5, 5.41) is 0. The molecule has 0 heterocycles. The van der Waals surface area contributed by atoms with Crippen LogP contribution in [0.1, 0.15) is 30.9 Å². The molecule has 2 rings (SSSR count). The average molecular weight is 246 g/mol. The molecule has 0 N–H and O–H groups in total. The van der Waals surface area contributed by atoms with E-state index in [0.717, 1.165) is 25.0 Å². The molecule has 0 spiro atoms. The van der Waals surface area contributed by atoms with Crippen molar-refractivity contribution < 1.29 is 17.6 Å². The van der Waals surface area contributed by atoms with E-state index in [-0.39, 0.29) is 0 Å². The van der Waals surface area contributed by atoms with Gasteiger partial charge in [-0.05, 0) is 48.8 Å². The number of halogens is 4. The second-order valence-electron chi connectivity index (χ2n) is 4.96. The molecule has 0 nitrogen and oxygen atoms in total. The largest absolute Gasteiger partial charge is 0.419 e. The molecule has 94 valence electrons. The first-order chi connectivity index (χ1) is 7.86. The molecule has 17 heavy (non-hydrogen) atoms. The predicted molar refractivity (Wildman–Crippen MR) is 57.0 cm³/mol. The van der Waals surface area contributed by atoms with Crippen LogP contribution in [0.25, 0.3) is 0 Å². The van der Waals surface area contributed by atoms with E-state index in [1.165, 1.54) is 6.07 Å². The van der Waals surface area contributed by atoms with E-state index in [1.807, 2.05) is 0 Å². The van der Waals surface area contributed by atoms with Crippen molar-refractivity contribution in [2.75, 3.05) is 0 Å². The van der Waals surface area contributed by atoms with E-state index in [2.05, 4.69) is 6.92 Å². The lowest BCUT2D eigenvalue weighted by atomic mass is 9.73. The lowest BCUT2D eigenvalue weighted by Gasteiger charge is -2.32. The first kappa shape index (κ1) is 12.4. The molecule has 1 saturated carbocycles. The van der Waals surface area contributed by atoms with Crippen LogP contribution in [-0.4, -0.2) is 0 Å². The summed E-state index contributed by atoms with van der Waals surface area (Å²) >= 11 is 0. The fourth-order valence-electron chi connectivity index (χ4n) is 2.49. The number of hydrogen-bond donors (Lipinski definition) is 0. The maximum absolute atomic E-state index is 13.0. The Hall–Kier alpha value is -1.06. The lowest BCUT2D eigenvalue weighted by molar-refractivity contribution is -0.140. The normalized spacial score (nSPS) is 24.5. The fraction of sp³-hybridized carbons (Fsp3) is 0.538. The zero-order valence-corrected chi connectivity index (χ0v) is 9.52. The Morgan fingerprint density at radius 3 is 2.41 bits per heavy atom. The Morgan fingerprint density at radius 2 is 1.88 bits per heavy atom. The van der Waals surface area contributed by atoms with E-state index in [4.69, 9.17) is 0 Å². The maximum Gasteiger partial charge on any atom is 0.419 e. The molecule has 4 heteroatoms. The Bertz CT molecular complexity index is 402. The van der Waals surface area contributed by atoms with Gasteiger partial charge in [0, 0.05) is 0 Å². The summed E-state index contributed by atoms with van der Waals surface area (Å²) in [6.07, 6.45) is -1.88. The van der Waals surface area contributed by atoms with Crippen molar-refractivity contribution in [1.82, 2.24) is 0 Å². The van der Waals surface area contributed by atoms with Crippen molar-refractivity contribution in [3.05, 3.63) is 35.1 Å². The van der Waals surface area contributed by atoms with Crippen LogP contribution in [0.5, 0.6) is 0 Å². The summed E-state index contributed by atoms with van der Waals surface area (Å²) in [6.45, 7) is 2.13. The summed E-state index contributed by atoms with van der Waals surface area (Å²) in [6, 6.07) is 3.31. The number of hydrogen-bond acceptors (Lipinski definition) is 0. The first-order valence-electron chi connectivity index (χ1n) is 5.72. The van der Waals surface area contributed by atoms with E-state index < -0.39 is 17.6 Å². The van der Waals surface area contributed by atoms with Crippen molar-refractivity contribution in [3.8, 4) is 0 Å². The van der Waals surface area contributed by atoms with E-state index in [1.54, 1.807) is 0 Å². The summed E-state index contributed by atoms with van der Waals surface area (Å²) in [4.78, 5) is 0. The van der Waals surface area contributed by atoms with Crippen LogP contribution < -0.4 is 0 Å². The quantitative estimate of drug-likeness (QED) is 0.677. The highest BCUT2D eigenvalue weighted by atomic mass is 19.4. The van der Waals surface area contributed by atoms with E-state index >= 15 is 0 Å². The zero-order valence-electron chi connectivity index (χ0n) is 9.52. The molecule has 0 aliphatic heterocycles. The van der Waals surface area contributed by atoms with Crippen LogP contribution >= 0.6 is 0 Å². The van der Waals surface area contributed by atoms with Crippen LogP contribution in [0.4, 0.5) is 17.6 Å². The SMILES string of the molecule is CC1CC(Cc2ccc(F)c(C(F)(F)F)c2)C1. The molecule has 0 radical (unpaired) electrons. The van der Waals surface area contributed by atoms with Gasteiger partial charge in [0.2, 0.25) is 0 Å². The van der Waals surface area contributed by atoms with Crippen molar-refractivity contribution in [2.24, 2.45) is 11.8 Å². The van der Waals surface area contributed by atoms with Crippen LogP contribution in [0.3, 0.4) is 0 Å². The molecule has 1 fully saturated rings. The molecule has 0 amide bonds. The second kappa shape index (κ2) is 4.31. The molecule has 1 aromatic rings. The maximum atomic E-state index is 13.0. The molecule has 0 saturated heterocycles. The Balaban J connectivity index is 2.14. The minimum absolute atomic E-state index is 0.455. The van der Waals surface area contributed by atoms with Gasteiger partial charge in [0.15, 0.2) is 0 Å². The van der Waals surface area contributed by atoms with Crippen LogP contribution in [-0.2, 0) is 12.6 Å². The van der Waals surface area contributed by atoms with Gasteiger partial charge in [-0.15, -0.1) is 0 Å². The Labute approximate surface area is 97.6 Å². The number of benzene rings is 1. The Morgan fingerprint density at radius 1 is 1.24 bits per heavy atom. The van der Waals surface area contributed by atoms with Gasteiger partial charge in [-0.2, -0.15) is 13.2 Å². The summed E-state index contributed by atoms with van der Waals surface area (Å²) in [5.41, 5.74) is -0.571. The van der Waals surface area contributed by atoms with Crippen molar-refractivity contribution in [1.29, 1.82) is 0 Å². The molecule has 0 unspecified atom stereocenters. The van der Waals surface area contributed by atoms with Gasteiger partial charge in [0.25, 0.3) is 0 Å². The number of rotatable bonds is 2. The minimum atomic E-state index is -4.60.